The van der Waals surface area contributed by atoms with Crippen molar-refractivity contribution in [2.75, 3.05) is 6.54 Å². The van der Waals surface area contributed by atoms with Crippen molar-refractivity contribution in [2.24, 2.45) is 5.92 Å². The summed E-state index contributed by atoms with van der Waals surface area (Å²) in [6, 6.07) is 1.48. The van der Waals surface area contributed by atoms with Crippen molar-refractivity contribution < 1.29 is 27.9 Å². The Kier molecular flexibility index (Phi) is 4.85. The van der Waals surface area contributed by atoms with Crippen molar-refractivity contribution in [3.63, 3.8) is 0 Å². The number of aromatic nitrogens is 4. The molecule has 0 aromatic carbocycles. The molecule has 1 amide bonds. The van der Waals surface area contributed by atoms with Gasteiger partial charge in [0.15, 0.2) is 11.5 Å². The van der Waals surface area contributed by atoms with Crippen LogP contribution in [0.15, 0.2) is 24.5 Å². The Bertz CT molecular complexity index is 850. The second-order valence-electron chi connectivity index (χ2n) is 6.28. The monoisotopic (exact) mass is 383 g/mol. The molecule has 2 aromatic heterocycles. The summed E-state index contributed by atoms with van der Waals surface area (Å²) in [6.45, 7) is 2.06. The molecule has 1 N–H and O–H groups in total. The molecule has 0 unspecified atom stereocenters. The predicted molar refractivity (Wildman–Crippen MR) is 85.0 cm³/mol. The second kappa shape index (κ2) is 6.97. The number of hydrogen-bond acceptors (Lipinski definition) is 5. The second-order valence-corrected chi connectivity index (χ2v) is 6.28. The van der Waals surface area contributed by atoms with Crippen molar-refractivity contribution in [2.45, 2.75) is 32.0 Å². The number of alkyl halides is 3. The van der Waals surface area contributed by atoms with Crippen molar-refractivity contribution in [3.8, 4) is 5.82 Å². The zero-order chi connectivity index (χ0) is 19.8. The first-order chi connectivity index (χ1) is 12.7. The van der Waals surface area contributed by atoms with Gasteiger partial charge in [0.05, 0.1) is 17.7 Å². The van der Waals surface area contributed by atoms with E-state index in [0.717, 1.165) is 16.8 Å². The van der Waals surface area contributed by atoms with Gasteiger partial charge in [0.1, 0.15) is 0 Å². The Morgan fingerprint density at radius 2 is 2.04 bits per heavy atom. The number of rotatable bonds is 3. The quantitative estimate of drug-likeness (QED) is 0.870. The molecule has 0 radical (unpaired) electrons. The minimum Gasteiger partial charge on any atom is -0.481 e. The molecular formula is C16H16F3N5O3. The molecule has 2 aromatic rings. The molecule has 1 fully saturated rings. The van der Waals surface area contributed by atoms with E-state index in [1.54, 1.807) is 6.92 Å². The fraction of sp³-hybridized carbons (Fsp3) is 0.438. The van der Waals surface area contributed by atoms with Crippen molar-refractivity contribution >= 4 is 11.9 Å². The largest absolute Gasteiger partial charge is 0.481 e. The molecule has 0 spiro atoms. The molecular weight excluding hydrogens is 367 g/mol. The molecule has 8 nitrogen and oxygen atoms in total. The van der Waals surface area contributed by atoms with Crippen LogP contribution in [-0.4, -0.2) is 54.4 Å². The number of piperidine rings is 1. The lowest BCUT2D eigenvalue weighted by molar-refractivity contribution is -0.145. The minimum absolute atomic E-state index is 0.0328. The van der Waals surface area contributed by atoms with Crippen LogP contribution in [0.5, 0.6) is 0 Å². The van der Waals surface area contributed by atoms with Gasteiger partial charge in [-0.3, -0.25) is 9.59 Å². The van der Waals surface area contributed by atoms with Crippen molar-refractivity contribution in [3.05, 3.63) is 35.8 Å². The smallest absolute Gasteiger partial charge is 0.417 e. The van der Waals surface area contributed by atoms with Crippen LogP contribution in [0, 0.1) is 5.92 Å². The highest BCUT2D eigenvalue weighted by Crippen LogP contribution is 2.29. The number of carbonyl (C=O) groups excluding carboxylic acids is 1. The summed E-state index contributed by atoms with van der Waals surface area (Å²) in [4.78, 5) is 29.1. The van der Waals surface area contributed by atoms with E-state index < -0.39 is 35.6 Å². The lowest BCUT2D eigenvalue weighted by atomic mass is 9.90. The fourth-order valence-electron chi connectivity index (χ4n) is 3.07. The lowest BCUT2D eigenvalue weighted by Gasteiger charge is -2.36. The summed E-state index contributed by atoms with van der Waals surface area (Å²) >= 11 is 0. The maximum Gasteiger partial charge on any atom is 0.417 e. The topological polar surface area (TPSA) is 101 Å². The average Bonchev–Trinajstić information content (AvgIpc) is 3.10. The Labute approximate surface area is 151 Å². The SMILES string of the molecule is C[C@@H]1[C@H](C(=O)O)CCCN1C(=O)c1cn(-c2ccc(C(F)(F)F)cn2)nn1. The Morgan fingerprint density at radius 1 is 1.30 bits per heavy atom. The van der Waals surface area contributed by atoms with E-state index >= 15 is 0 Å². The van der Waals surface area contributed by atoms with Gasteiger partial charge in [-0.25, -0.2) is 9.67 Å². The van der Waals surface area contributed by atoms with E-state index in [1.165, 1.54) is 11.1 Å². The molecule has 3 rings (SSSR count). The minimum atomic E-state index is -4.50. The molecule has 27 heavy (non-hydrogen) atoms. The lowest BCUT2D eigenvalue weighted by Crippen LogP contribution is -2.49. The van der Waals surface area contributed by atoms with Crippen molar-refractivity contribution in [1.82, 2.24) is 24.9 Å². The summed E-state index contributed by atoms with van der Waals surface area (Å²) in [5.41, 5.74) is -0.931. The number of carboxylic acid groups (broad SMARTS) is 1. The van der Waals surface area contributed by atoms with E-state index in [9.17, 15) is 27.9 Å². The molecule has 2 atom stereocenters. The van der Waals surface area contributed by atoms with E-state index in [2.05, 4.69) is 15.3 Å². The van der Waals surface area contributed by atoms with Gasteiger partial charge in [-0.2, -0.15) is 13.2 Å². The highest BCUT2D eigenvalue weighted by Gasteiger charge is 2.36. The molecule has 3 heterocycles. The average molecular weight is 383 g/mol. The van der Waals surface area contributed by atoms with Gasteiger partial charge in [0, 0.05) is 18.8 Å². The van der Waals surface area contributed by atoms with Crippen LogP contribution in [0.4, 0.5) is 13.2 Å². The van der Waals surface area contributed by atoms with Gasteiger partial charge in [0.2, 0.25) is 0 Å². The van der Waals surface area contributed by atoms with E-state index in [1.807, 2.05) is 0 Å². The first-order valence-electron chi connectivity index (χ1n) is 8.18. The van der Waals surface area contributed by atoms with Gasteiger partial charge < -0.3 is 10.0 Å². The van der Waals surface area contributed by atoms with Gasteiger partial charge in [-0.1, -0.05) is 5.21 Å². The van der Waals surface area contributed by atoms with Crippen LogP contribution in [0.3, 0.4) is 0 Å². The number of amides is 1. The Hall–Kier alpha value is -2.98. The normalized spacial score (nSPS) is 20.5. The summed E-state index contributed by atoms with van der Waals surface area (Å²) < 4.78 is 38.9. The van der Waals surface area contributed by atoms with Crippen LogP contribution in [0.1, 0.15) is 35.8 Å². The van der Waals surface area contributed by atoms with Crippen LogP contribution in [0.2, 0.25) is 0 Å². The number of halogens is 3. The third kappa shape index (κ3) is 3.76. The van der Waals surface area contributed by atoms with Gasteiger partial charge in [-0.15, -0.1) is 5.10 Å². The summed E-state index contributed by atoms with van der Waals surface area (Å²) in [7, 11) is 0. The predicted octanol–water partition coefficient (Wildman–Crippen LogP) is 2.01. The zero-order valence-electron chi connectivity index (χ0n) is 14.2. The molecule has 1 aliphatic heterocycles. The number of nitrogens with zero attached hydrogens (tertiary/aromatic N) is 5. The van der Waals surface area contributed by atoms with Crippen LogP contribution in [-0.2, 0) is 11.0 Å². The first-order valence-corrected chi connectivity index (χ1v) is 8.18. The molecule has 0 aliphatic carbocycles. The van der Waals surface area contributed by atoms with Crippen LogP contribution < -0.4 is 0 Å². The van der Waals surface area contributed by atoms with Gasteiger partial charge in [0.25, 0.3) is 5.91 Å². The van der Waals surface area contributed by atoms with E-state index in [0.29, 0.717) is 25.6 Å². The summed E-state index contributed by atoms with van der Waals surface area (Å²) in [5, 5.41) is 16.7. The molecule has 1 saturated heterocycles. The summed E-state index contributed by atoms with van der Waals surface area (Å²) in [5.74, 6) is -2.02. The highest BCUT2D eigenvalue weighted by atomic mass is 19.4. The van der Waals surface area contributed by atoms with Crippen LogP contribution >= 0.6 is 0 Å². The number of pyridine rings is 1. The maximum absolute atomic E-state index is 12.7. The molecule has 0 saturated carbocycles. The van der Waals surface area contributed by atoms with E-state index in [-0.39, 0.29) is 11.5 Å². The molecule has 144 valence electrons. The Balaban J connectivity index is 1.79. The number of carbonyl (C=O) groups is 2. The molecule has 11 heteroatoms. The third-order valence-electron chi connectivity index (χ3n) is 4.59. The fourth-order valence-corrected chi connectivity index (χ4v) is 3.07. The number of hydrogen-bond donors (Lipinski definition) is 1. The standard InChI is InChI=1S/C16H16F3N5O3/c1-9-11(15(26)27)3-2-6-23(9)14(25)12-8-24(22-21-12)13-5-4-10(7-20-13)16(17,18)19/h4-5,7-9,11H,2-3,6H2,1H3,(H,26,27)/t9-,11-/m1/s1. The number of aliphatic carboxylic acids is 1. The number of carboxylic acids is 1. The van der Waals surface area contributed by atoms with Crippen LogP contribution in [0.25, 0.3) is 5.82 Å². The first kappa shape index (κ1) is 18.8. The van der Waals surface area contributed by atoms with Gasteiger partial charge in [-0.05, 0) is 31.9 Å². The Morgan fingerprint density at radius 3 is 2.63 bits per heavy atom. The van der Waals surface area contributed by atoms with E-state index in [4.69, 9.17) is 0 Å². The van der Waals surface area contributed by atoms with Crippen molar-refractivity contribution in [1.29, 1.82) is 0 Å². The third-order valence-corrected chi connectivity index (χ3v) is 4.59. The number of likely N-dealkylation sites (tertiary alicyclic amines) is 1. The maximum atomic E-state index is 12.7. The molecule has 0 bridgehead atoms. The zero-order valence-corrected chi connectivity index (χ0v) is 14.2. The highest BCUT2D eigenvalue weighted by molar-refractivity contribution is 5.92. The summed E-state index contributed by atoms with van der Waals surface area (Å²) in [6.07, 6.45) is -1.53. The van der Waals surface area contributed by atoms with Gasteiger partial charge >= 0.3 is 12.1 Å². The molecule has 1 aliphatic rings.